The van der Waals surface area contributed by atoms with Gasteiger partial charge in [0.1, 0.15) is 34.5 Å². The first-order valence-corrected chi connectivity index (χ1v) is 14.3. The average molecular weight is 559 g/mol. The van der Waals surface area contributed by atoms with Crippen molar-refractivity contribution in [3.05, 3.63) is 46.2 Å². The molecule has 0 saturated carbocycles. The highest BCUT2D eigenvalue weighted by Crippen LogP contribution is 2.34. The number of alkyl carbamates (subject to hydrolysis) is 1. The number of aliphatic imine (C=N–C) groups is 1. The standard InChI is InChI=1S/C29H42N4O5S/c1-7-9-20(32-27(35)38-28(3,4)14-13-21-10-8-15-39-21)17-29(5,6)37-26(34)24(30)19-11-12-23-22(16-19)33-25(31)18(2)36-23/h8,10-12,15-16,18,20,24H,7,9,13-14,17,30H2,1-6H3,(H2,31,33)(H,32,35). The van der Waals surface area contributed by atoms with Crippen LogP contribution in [-0.2, 0) is 20.7 Å². The number of amidine groups is 1. The minimum absolute atomic E-state index is 0.241. The number of thiophene rings is 1. The Morgan fingerprint density at radius 3 is 2.59 bits per heavy atom. The zero-order valence-corrected chi connectivity index (χ0v) is 24.6. The third-order valence-corrected chi connectivity index (χ3v) is 7.50. The van der Waals surface area contributed by atoms with E-state index in [0.29, 0.717) is 42.1 Å². The molecule has 10 heteroatoms. The molecule has 3 unspecified atom stereocenters. The van der Waals surface area contributed by atoms with E-state index in [2.05, 4.69) is 16.4 Å². The lowest BCUT2D eigenvalue weighted by Crippen LogP contribution is -2.45. The lowest BCUT2D eigenvalue weighted by atomic mass is 9.95. The molecular weight excluding hydrogens is 516 g/mol. The normalized spacial score (nSPS) is 16.8. The van der Waals surface area contributed by atoms with Gasteiger partial charge >= 0.3 is 12.1 Å². The number of fused-ring (bicyclic) bond motifs is 1. The summed E-state index contributed by atoms with van der Waals surface area (Å²) in [6, 6.07) is 7.97. The van der Waals surface area contributed by atoms with Crippen molar-refractivity contribution in [3.63, 3.8) is 0 Å². The van der Waals surface area contributed by atoms with Crippen LogP contribution in [0, 0.1) is 0 Å². The predicted molar refractivity (Wildman–Crippen MR) is 155 cm³/mol. The van der Waals surface area contributed by atoms with Gasteiger partial charge < -0.3 is 31.0 Å². The van der Waals surface area contributed by atoms with Crippen molar-refractivity contribution in [2.45, 2.75) is 103 Å². The minimum atomic E-state index is -1.02. The van der Waals surface area contributed by atoms with E-state index < -0.39 is 29.3 Å². The Kier molecular flexibility index (Phi) is 10.0. The molecular formula is C29H42N4O5S. The lowest BCUT2D eigenvalue weighted by molar-refractivity contribution is -0.159. The number of nitrogens with two attached hydrogens (primary N) is 2. The van der Waals surface area contributed by atoms with Gasteiger partial charge in [0.15, 0.2) is 6.10 Å². The van der Waals surface area contributed by atoms with Crippen molar-refractivity contribution in [1.29, 1.82) is 0 Å². The van der Waals surface area contributed by atoms with E-state index >= 15 is 0 Å². The summed E-state index contributed by atoms with van der Waals surface area (Å²) in [7, 11) is 0. The SMILES string of the molecule is CCCC(CC(C)(C)OC(=O)C(N)c1ccc2c(c1)N=C(N)C(C)O2)NC(=O)OC(C)(C)CCc1cccs1. The van der Waals surface area contributed by atoms with Crippen LogP contribution < -0.4 is 21.5 Å². The van der Waals surface area contributed by atoms with E-state index in [4.69, 9.17) is 25.7 Å². The molecule has 0 saturated heterocycles. The second kappa shape index (κ2) is 12.8. The Balaban J connectivity index is 1.57. The van der Waals surface area contributed by atoms with Crippen LogP contribution in [-0.4, -0.2) is 41.2 Å². The number of hydrogen-bond donors (Lipinski definition) is 3. The molecule has 3 atom stereocenters. The first-order chi connectivity index (χ1) is 18.3. The van der Waals surface area contributed by atoms with Gasteiger partial charge in [0, 0.05) is 17.3 Å². The zero-order valence-electron chi connectivity index (χ0n) is 23.8. The van der Waals surface area contributed by atoms with Crippen LogP contribution in [0.15, 0.2) is 40.7 Å². The molecule has 1 aromatic carbocycles. The average Bonchev–Trinajstić information content (AvgIpc) is 3.36. The number of carbonyl (C=O) groups excluding carboxylic acids is 2. The molecule has 1 aliphatic rings. The molecule has 3 rings (SSSR count). The number of esters is 1. The van der Waals surface area contributed by atoms with Crippen LogP contribution in [0.4, 0.5) is 10.5 Å². The van der Waals surface area contributed by atoms with Gasteiger partial charge in [-0.25, -0.2) is 14.6 Å². The highest BCUT2D eigenvalue weighted by molar-refractivity contribution is 7.09. The highest BCUT2D eigenvalue weighted by atomic mass is 32.1. The smallest absolute Gasteiger partial charge is 0.407 e. The van der Waals surface area contributed by atoms with E-state index in [9.17, 15) is 9.59 Å². The van der Waals surface area contributed by atoms with Gasteiger partial charge in [0.05, 0.1) is 0 Å². The third kappa shape index (κ3) is 8.96. The van der Waals surface area contributed by atoms with E-state index in [1.54, 1.807) is 29.5 Å². The quantitative estimate of drug-likeness (QED) is 0.291. The molecule has 0 bridgehead atoms. The fraction of sp³-hybridized carbons (Fsp3) is 0.552. The fourth-order valence-corrected chi connectivity index (χ4v) is 5.16. The van der Waals surface area contributed by atoms with Gasteiger partial charge in [-0.05, 0) is 83.0 Å². The number of rotatable bonds is 12. The van der Waals surface area contributed by atoms with Crippen molar-refractivity contribution >= 4 is 34.9 Å². The second-order valence-corrected chi connectivity index (χ2v) is 12.3. The van der Waals surface area contributed by atoms with Crippen LogP contribution in [0.2, 0.25) is 0 Å². The molecule has 2 aromatic rings. The maximum absolute atomic E-state index is 13.0. The number of benzene rings is 1. The number of amides is 1. The van der Waals surface area contributed by atoms with Crippen molar-refractivity contribution in [2.24, 2.45) is 16.5 Å². The number of nitrogens with one attached hydrogen (secondary N) is 1. The molecule has 1 amide bonds. The molecule has 39 heavy (non-hydrogen) atoms. The number of carbonyl (C=O) groups is 2. The van der Waals surface area contributed by atoms with Crippen LogP contribution >= 0.6 is 11.3 Å². The Hall–Kier alpha value is -3.11. The van der Waals surface area contributed by atoms with Gasteiger partial charge in [0.25, 0.3) is 0 Å². The van der Waals surface area contributed by atoms with Gasteiger partial charge in [-0.1, -0.05) is 25.5 Å². The van der Waals surface area contributed by atoms with Crippen molar-refractivity contribution in [3.8, 4) is 5.75 Å². The fourth-order valence-electron chi connectivity index (χ4n) is 4.45. The van der Waals surface area contributed by atoms with Crippen LogP contribution in [0.5, 0.6) is 5.75 Å². The Morgan fingerprint density at radius 1 is 1.18 bits per heavy atom. The van der Waals surface area contributed by atoms with Crippen molar-refractivity contribution in [2.75, 3.05) is 0 Å². The summed E-state index contributed by atoms with van der Waals surface area (Å²) in [6.45, 7) is 11.3. The van der Waals surface area contributed by atoms with E-state index in [1.165, 1.54) is 4.88 Å². The van der Waals surface area contributed by atoms with E-state index in [0.717, 1.165) is 12.8 Å². The van der Waals surface area contributed by atoms with E-state index in [-0.39, 0.29) is 12.1 Å². The van der Waals surface area contributed by atoms with Gasteiger partial charge in [-0.2, -0.15) is 0 Å². The summed E-state index contributed by atoms with van der Waals surface area (Å²) in [4.78, 5) is 31.4. The molecule has 0 radical (unpaired) electrons. The minimum Gasteiger partial charge on any atom is -0.481 e. The molecule has 1 aliphatic heterocycles. The largest absolute Gasteiger partial charge is 0.481 e. The summed E-state index contributed by atoms with van der Waals surface area (Å²) < 4.78 is 17.3. The summed E-state index contributed by atoms with van der Waals surface area (Å²) in [5, 5.41) is 5.02. The number of ether oxygens (including phenoxy) is 3. The van der Waals surface area contributed by atoms with Gasteiger partial charge in [0.2, 0.25) is 0 Å². The molecule has 1 aromatic heterocycles. The van der Waals surface area contributed by atoms with E-state index in [1.807, 2.05) is 53.0 Å². The number of hydrogen-bond acceptors (Lipinski definition) is 9. The maximum atomic E-state index is 13.0. The molecule has 0 spiro atoms. The Bertz CT molecular complexity index is 1160. The number of aryl methyl sites for hydroxylation is 1. The molecule has 0 aliphatic carbocycles. The Morgan fingerprint density at radius 2 is 1.92 bits per heavy atom. The topological polar surface area (TPSA) is 138 Å². The van der Waals surface area contributed by atoms with Gasteiger partial charge in [-0.3, -0.25) is 0 Å². The molecule has 0 fully saturated rings. The van der Waals surface area contributed by atoms with Gasteiger partial charge in [-0.15, -0.1) is 11.3 Å². The summed E-state index contributed by atoms with van der Waals surface area (Å²) >= 11 is 1.69. The van der Waals surface area contributed by atoms with Crippen molar-refractivity contribution in [1.82, 2.24) is 5.32 Å². The van der Waals surface area contributed by atoms with Crippen LogP contribution in [0.3, 0.4) is 0 Å². The van der Waals surface area contributed by atoms with Crippen LogP contribution in [0.1, 0.15) is 83.7 Å². The summed E-state index contributed by atoms with van der Waals surface area (Å²) in [6.07, 6.45) is 2.72. The first kappa shape index (κ1) is 30.4. The first-order valence-electron chi connectivity index (χ1n) is 13.4. The Labute approximate surface area is 235 Å². The van der Waals surface area contributed by atoms with Crippen molar-refractivity contribution < 1.29 is 23.8 Å². The second-order valence-electron chi connectivity index (χ2n) is 11.2. The third-order valence-electron chi connectivity index (χ3n) is 6.56. The van der Waals surface area contributed by atoms with Crippen LogP contribution in [0.25, 0.3) is 0 Å². The molecule has 214 valence electrons. The molecule has 9 nitrogen and oxygen atoms in total. The zero-order chi connectivity index (χ0) is 28.8. The predicted octanol–water partition coefficient (Wildman–Crippen LogP) is 5.54. The lowest BCUT2D eigenvalue weighted by Gasteiger charge is -2.32. The summed E-state index contributed by atoms with van der Waals surface area (Å²) in [5.74, 6) is 0.363. The number of nitrogens with zero attached hydrogens (tertiary/aromatic N) is 1. The maximum Gasteiger partial charge on any atom is 0.407 e. The summed E-state index contributed by atoms with van der Waals surface area (Å²) in [5.41, 5.74) is 11.7. The highest BCUT2D eigenvalue weighted by Gasteiger charge is 2.32. The molecule has 2 heterocycles. The molecule has 5 N–H and O–H groups in total. The monoisotopic (exact) mass is 558 g/mol.